The summed E-state index contributed by atoms with van der Waals surface area (Å²) < 4.78 is 32.4. The summed E-state index contributed by atoms with van der Waals surface area (Å²) in [4.78, 5) is 22.5. The van der Waals surface area contributed by atoms with Crippen molar-refractivity contribution in [2.24, 2.45) is 5.92 Å². The Kier molecular flexibility index (Phi) is 6.41. The number of amides is 1. The van der Waals surface area contributed by atoms with E-state index in [0.29, 0.717) is 12.8 Å². The number of carbonyl (C=O) groups is 2. The molecule has 0 spiro atoms. The number of hydrogen-bond donors (Lipinski definition) is 3. The van der Waals surface area contributed by atoms with Gasteiger partial charge in [-0.15, -0.1) is 0 Å². The summed E-state index contributed by atoms with van der Waals surface area (Å²) in [6, 6.07) is -0.727. The summed E-state index contributed by atoms with van der Waals surface area (Å²) in [7, 11) is -4.15. The van der Waals surface area contributed by atoms with Gasteiger partial charge >= 0.3 is 22.3 Å². The molecule has 0 aromatic heterocycles. The molecule has 122 valence electrons. The fraction of sp³-hybridized carbons (Fsp3) is 0.833. The zero-order valence-corrected chi connectivity index (χ0v) is 13.0. The molecule has 8 nitrogen and oxygen atoms in total. The lowest BCUT2D eigenvalue weighted by molar-refractivity contribution is -0.142. The Morgan fingerprint density at radius 3 is 2.38 bits per heavy atom. The van der Waals surface area contributed by atoms with Crippen molar-refractivity contribution in [1.29, 1.82) is 0 Å². The quantitative estimate of drug-likeness (QED) is 0.649. The number of carbonyl (C=O) groups excluding carboxylic acids is 1. The molecule has 0 aromatic carbocycles. The van der Waals surface area contributed by atoms with Gasteiger partial charge in [-0.3, -0.25) is 4.79 Å². The Labute approximate surface area is 124 Å². The zero-order valence-electron chi connectivity index (χ0n) is 12.2. The van der Waals surface area contributed by atoms with Crippen LogP contribution in [0.4, 0.5) is 4.79 Å². The first-order chi connectivity index (χ1) is 9.71. The minimum Gasteiger partial charge on any atom is -0.481 e. The van der Waals surface area contributed by atoms with Crippen molar-refractivity contribution in [1.82, 2.24) is 9.44 Å². The van der Waals surface area contributed by atoms with Gasteiger partial charge in [0.15, 0.2) is 0 Å². The van der Waals surface area contributed by atoms with E-state index in [1.807, 2.05) is 0 Å². The average molecular weight is 322 g/mol. The summed E-state index contributed by atoms with van der Waals surface area (Å²) in [5.74, 6) is -1.82. The number of carboxylic acid groups (broad SMARTS) is 1. The summed E-state index contributed by atoms with van der Waals surface area (Å²) >= 11 is 0. The second-order valence-corrected chi connectivity index (χ2v) is 6.81. The maximum atomic E-state index is 11.9. The van der Waals surface area contributed by atoms with E-state index in [0.717, 1.165) is 19.3 Å². The van der Waals surface area contributed by atoms with Crippen LogP contribution in [0.2, 0.25) is 0 Å². The van der Waals surface area contributed by atoms with Crippen LogP contribution >= 0.6 is 0 Å². The highest BCUT2D eigenvalue weighted by molar-refractivity contribution is 7.88. The summed E-state index contributed by atoms with van der Waals surface area (Å²) in [5.41, 5.74) is 0. The number of rotatable bonds is 5. The molecule has 1 rings (SSSR count). The van der Waals surface area contributed by atoms with Gasteiger partial charge in [-0.2, -0.15) is 13.1 Å². The summed E-state index contributed by atoms with van der Waals surface area (Å²) in [5, 5.41) is 9.18. The van der Waals surface area contributed by atoms with Crippen molar-refractivity contribution in [3.05, 3.63) is 0 Å². The molecule has 1 saturated carbocycles. The van der Waals surface area contributed by atoms with Crippen molar-refractivity contribution in [2.75, 3.05) is 0 Å². The molecule has 0 heterocycles. The van der Waals surface area contributed by atoms with Crippen LogP contribution in [0.5, 0.6) is 0 Å². The summed E-state index contributed by atoms with van der Waals surface area (Å²) in [6.07, 6.45) is 1.66. The van der Waals surface area contributed by atoms with Crippen LogP contribution in [0.1, 0.15) is 46.0 Å². The first-order valence-corrected chi connectivity index (χ1v) is 8.43. The van der Waals surface area contributed by atoms with Crippen molar-refractivity contribution >= 4 is 22.3 Å². The lowest BCUT2D eigenvalue weighted by atomic mass is 9.96. The molecule has 21 heavy (non-hydrogen) atoms. The minimum absolute atomic E-state index is 0.416. The van der Waals surface area contributed by atoms with Gasteiger partial charge in [-0.25, -0.2) is 9.52 Å². The first kappa shape index (κ1) is 17.7. The van der Waals surface area contributed by atoms with Gasteiger partial charge in [-0.1, -0.05) is 19.3 Å². The second-order valence-electron chi connectivity index (χ2n) is 5.37. The number of ether oxygens (including phenoxy) is 1. The smallest absolute Gasteiger partial charge is 0.422 e. The Bertz CT molecular complexity index is 476. The molecule has 1 aliphatic carbocycles. The Hall–Kier alpha value is -1.35. The molecule has 0 aliphatic heterocycles. The van der Waals surface area contributed by atoms with E-state index < -0.39 is 40.3 Å². The van der Waals surface area contributed by atoms with Crippen molar-refractivity contribution in [3.8, 4) is 0 Å². The first-order valence-electron chi connectivity index (χ1n) is 6.95. The number of carboxylic acids is 1. The van der Waals surface area contributed by atoms with Crippen molar-refractivity contribution in [3.63, 3.8) is 0 Å². The molecule has 0 bridgehead atoms. The third-order valence-corrected chi connectivity index (χ3v) is 4.25. The van der Waals surface area contributed by atoms with Gasteiger partial charge in [0.1, 0.15) is 0 Å². The molecular formula is C12H22N2O6S. The normalized spacial score (nSPS) is 23.4. The number of hydrogen-bond acceptors (Lipinski definition) is 5. The van der Waals surface area contributed by atoms with E-state index in [9.17, 15) is 23.1 Å². The largest absolute Gasteiger partial charge is 0.481 e. The fourth-order valence-electron chi connectivity index (χ4n) is 2.32. The second kappa shape index (κ2) is 7.60. The van der Waals surface area contributed by atoms with E-state index in [-0.39, 0.29) is 0 Å². The molecule has 2 atom stereocenters. The molecule has 0 radical (unpaired) electrons. The Morgan fingerprint density at radius 1 is 1.19 bits per heavy atom. The van der Waals surface area contributed by atoms with Crippen LogP contribution in [0, 0.1) is 5.92 Å². The SMILES string of the molecule is CC(C)OC(=O)NS(=O)(=O)NC1CCCCCC1C(=O)O. The van der Waals surface area contributed by atoms with Crippen LogP contribution < -0.4 is 9.44 Å². The lowest BCUT2D eigenvalue weighted by Gasteiger charge is -2.22. The average Bonchev–Trinajstić information content (AvgIpc) is 2.51. The van der Waals surface area contributed by atoms with Crippen molar-refractivity contribution in [2.45, 2.75) is 58.1 Å². The van der Waals surface area contributed by atoms with Gasteiger partial charge in [-0.05, 0) is 26.7 Å². The lowest BCUT2D eigenvalue weighted by Crippen LogP contribution is -2.49. The molecular weight excluding hydrogens is 300 g/mol. The van der Waals surface area contributed by atoms with Gasteiger partial charge in [0, 0.05) is 6.04 Å². The molecule has 1 amide bonds. The molecule has 2 unspecified atom stereocenters. The van der Waals surface area contributed by atoms with E-state index in [1.54, 1.807) is 18.6 Å². The Balaban J connectivity index is 2.70. The van der Waals surface area contributed by atoms with Gasteiger partial charge < -0.3 is 9.84 Å². The van der Waals surface area contributed by atoms with E-state index >= 15 is 0 Å². The van der Waals surface area contributed by atoms with Gasteiger partial charge in [0.25, 0.3) is 0 Å². The van der Waals surface area contributed by atoms with Crippen LogP contribution in [-0.4, -0.2) is 37.7 Å². The number of aliphatic carboxylic acids is 1. The molecule has 9 heteroatoms. The third-order valence-electron chi connectivity index (χ3n) is 3.20. The molecule has 0 aromatic rings. The van der Waals surface area contributed by atoms with E-state index in [2.05, 4.69) is 9.46 Å². The van der Waals surface area contributed by atoms with Gasteiger partial charge in [0.05, 0.1) is 12.0 Å². The maximum Gasteiger partial charge on any atom is 0.422 e. The predicted octanol–water partition coefficient (Wildman–Crippen LogP) is 0.989. The Morgan fingerprint density at radius 2 is 1.81 bits per heavy atom. The highest BCUT2D eigenvalue weighted by Crippen LogP contribution is 2.24. The monoisotopic (exact) mass is 322 g/mol. The highest BCUT2D eigenvalue weighted by Gasteiger charge is 2.33. The third kappa shape index (κ3) is 6.30. The number of nitrogens with one attached hydrogen (secondary N) is 2. The van der Waals surface area contributed by atoms with Crippen LogP contribution in [0.15, 0.2) is 0 Å². The maximum absolute atomic E-state index is 11.9. The molecule has 1 aliphatic rings. The van der Waals surface area contributed by atoms with E-state index in [1.165, 1.54) is 0 Å². The van der Waals surface area contributed by atoms with Crippen molar-refractivity contribution < 1.29 is 27.9 Å². The van der Waals surface area contributed by atoms with Crippen LogP contribution in [0.3, 0.4) is 0 Å². The molecule has 3 N–H and O–H groups in total. The van der Waals surface area contributed by atoms with Crippen LogP contribution in [0.25, 0.3) is 0 Å². The van der Waals surface area contributed by atoms with Crippen LogP contribution in [-0.2, 0) is 19.7 Å². The summed E-state index contributed by atoms with van der Waals surface area (Å²) in [6.45, 7) is 3.18. The topological polar surface area (TPSA) is 122 Å². The highest BCUT2D eigenvalue weighted by atomic mass is 32.2. The molecule has 0 saturated heterocycles. The fourth-order valence-corrected chi connectivity index (χ4v) is 3.33. The minimum atomic E-state index is -4.15. The van der Waals surface area contributed by atoms with Gasteiger partial charge in [0.2, 0.25) is 0 Å². The molecule has 1 fully saturated rings. The standard InChI is InChI=1S/C12H22N2O6S/c1-8(2)20-12(17)14-21(18,19)13-10-7-5-3-4-6-9(10)11(15)16/h8-10,13H,3-7H2,1-2H3,(H,14,17)(H,15,16). The van der Waals surface area contributed by atoms with E-state index in [4.69, 9.17) is 0 Å². The predicted molar refractivity (Wildman–Crippen MR) is 74.8 cm³/mol. The zero-order chi connectivity index (χ0) is 16.0.